The predicted octanol–water partition coefficient (Wildman–Crippen LogP) is 18.6. The quantitative estimate of drug-likeness (QED) is 0.145. The summed E-state index contributed by atoms with van der Waals surface area (Å²) in [6, 6.07) is 90.6. The van der Waals surface area contributed by atoms with Crippen LogP contribution in [-0.4, -0.2) is 0 Å². The van der Waals surface area contributed by atoms with Gasteiger partial charge in [-0.15, -0.1) is 0 Å². The molecule has 0 bridgehead atoms. The highest BCUT2D eigenvalue weighted by Crippen LogP contribution is 2.49. The van der Waals surface area contributed by atoms with Crippen LogP contribution in [0.3, 0.4) is 0 Å². The van der Waals surface area contributed by atoms with Gasteiger partial charge in [-0.25, -0.2) is 0 Å². The van der Waals surface area contributed by atoms with Crippen molar-refractivity contribution in [2.75, 3.05) is 9.80 Å². The molecule has 0 aliphatic carbocycles. The van der Waals surface area contributed by atoms with Gasteiger partial charge in [-0.3, -0.25) is 0 Å². The van der Waals surface area contributed by atoms with Crippen molar-refractivity contribution in [1.82, 2.24) is 0 Å². The van der Waals surface area contributed by atoms with E-state index < -0.39 is 0 Å². The number of rotatable bonds is 9. The number of fused-ring (bicyclic) bond motifs is 7. The van der Waals surface area contributed by atoms with Gasteiger partial charge < -0.3 is 18.6 Å². The summed E-state index contributed by atoms with van der Waals surface area (Å²) >= 11 is 0. The van der Waals surface area contributed by atoms with Crippen molar-refractivity contribution in [1.29, 1.82) is 0 Å². The molecule has 0 N–H and O–H groups in total. The minimum absolute atomic E-state index is 0.812. The number of benzene rings is 11. The maximum Gasteiger partial charge on any atom is 0.159 e. The van der Waals surface area contributed by atoms with Crippen LogP contribution in [0.4, 0.5) is 34.1 Å². The second-order valence-corrected chi connectivity index (χ2v) is 17.2. The van der Waals surface area contributed by atoms with E-state index >= 15 is 0 Å². The van der Waals surface area contributed by atoms with Crippen LogP contribution >= 0.6 is 0 Å². The van der Waals surface area contributed by atoms with Gasteiger partial charge in [0.2, 0.25) is 0 Å². The fraction of sp³-hybridized carbons (Fsp3) is 0. The SMILES string of the molecule is c1ccc(-c2ccccc2N(c2cccc(-c3cccc(N(c4cccc5c4oc4ccccc45)c4cccc5c4oc4ccccc45)c3)c2)c2ccc(-c3ccccc3)c3ccccc23)cc1. The van der Waals surface area contributed by atoms with Gasteiger partial charge in [-0.05, 0) is 93.9 Å². The molecule has 13 aromatic rings. The van der Waals surface area contributed by atoms with E-state index in [-0.39, 0.29) is 0 Å². The number of anilines is 6. The molecule has 0 radical (unpaired) electrons. The Hall–Kier alpha value is -9.12. The fourth-order valence-electron chi connectivity index (χ4n) is 10.2. The van der Waals surface area contributed by atoms with E-state index in [1.165, 1.54) is 21.9 Å². The third-order valence-electron chi connectivity index (χ3n) is 13.2. The molecule has 0 atom stereocenters. The average Bonchev–Trinajstić information content (AvgIpc) is 3.99. The van der Waals surface area contributed by atoms with Crippen LogP contribution in [0.15, 0.2) is 264 Å². The van der Waals surface area contributed by atoms with Crippen LogP contribution in [-0.2, 0) is 0 Å². The Morgan fingerprint density at radius 2 is 0.647 bits per heavy atom. The lowest BCUT2D eigenvalue weighted by molar-refractivity contribution is 0.666. The first-order chi connectivity index (χ1) is 33.7. The van der Waals surface area contributed by atoms with Gasteiger partial charge in [0.15, 0.2) is 11.2 Å². The molecule has 11 aromatic carbocycles. The summed E-state index contributed by atoms with van der Waals surface area (Å²) in [6.07, 6.45) is 0. The molecule has 4 nitrogen and oxygen atoms in total. The first-order valence-electron chi connectivity index (χ1n) is 23.1. The minimum Gasteiger partial charge on any atom is -0.454 e. The monoisotopic (exact) mass is 870 g/mol. The maximum absolute atomic E-state index is 6.75. The van der Waals surface area contributed by atoms with Gasteiger partial charge in [0.25, 0.3) is 0 Å². The standard InChI is InChI=1S/C64H42N2O2/c1-3-19-43(20-4-1)49-39-40-58(52-29-8-7-28-51(49)52)65(57-34-12-9-27-50(57)44-21-5-2-6-22-44)47-25-15-23-45(41-47)46-24-16-26-48(42-46)66(59-35-17-32-55-53-30-10-13-37-61(53)67-63(55)59)60-36-18-33-56-54-31-11-14-38-62(54)68-64(56)60/h1-42H. The first-order valence-corrected chi connectivity index (χ1v) is 23.1. The Morgan fingerprint density at radius 3 is 1.24 bits per heavy atom. The minimum atomic E-state index is 0.812. The molecule has 320 valence electrons. The summed E-state index contributed by atoms with van der Waals surface area (Å²) in [5.74, 6) is 0. The second kappa shape index (κ2) is 16.4. The Balaban J connectivity index is 1.01. The molecule has 0 spiro atoms. The molecule has 2 aromatic heterocycles. The fourth-order valence-corrected chi connectivity index (χ4v) is 10.2. The molecule has 0 unspecified atom stereocenters. The number of nitrogens with zero attached hydrogens (tertiary/aromatic N) is 2. The van der Waals surface area contributed by atoms with E-state index in [1.807, 2.05) is 24.3 Å². The average molecular weight is 871 g/mol. The van der Waals surface area contributed by atoms with Crippen LogP contribution in [0.2, 0.25) is 0 Å². The largest absolute Gasteiger partial charge is 0.454 e. The third-order valence-corrected chi connectivity index (χ3v) is 13.2. The van der Waals surface area contributed by atoms with Crippen molar-refractivity contribution in [2.45, 2.75) is 0 Å². The van der Waals surface area contributed by atoms with Gasteiger partial charge in [-0.1, -0.05) is 194 Å². The van der Waals surface area contributed by atoms with E-state index in [1.54, 1.807) is 0 Å². The van der Waals surface area contributed by atoms with E-state index in [0.29, 0.717) is 0 Å². The van der Waals surface area contributed by atoms with Gasteiger partial charge in [0, 0.05) is 43.9 Å². The van der Waals surface area contributed by atoms with Crippen molar-refractivity contribution in [3.63, 3.8) is 0 Å². The van der Waals surface area contributed by atoms with Crippen LogP contribution in [0.5, 0.6) is 0 Å². The molecular formula is C64H42N2O2. The highest BCUT2D eigenvalue weighted by atomic mass is 16.3. The molecule has 13 rings (SSSR count). The van der Waals surface area contributed by atoms with E-state index in [0.717, 1.165) is 100 Å². The lowest BCUT2D eigenvalue weighted by Crippen LogP contribution is -2.12. The zero-order chi connectivity index (χ0) is 45.0. The van der Waals surface area contributed by atoms with Gasteiger partial charge in [0.05, 0.1) is 22.7 Å². The van der Waals surface area contributed by atoms with Crippen LogP contribution in [0.1, 0.15) is 0 Å². The zero-order valence-corrected chi connectivity index (χ0v) is 37.0. The summed E-state index contributed by atoms with van der Waals surface area (Å²) in [5, 5.41) is 6.64. The van der Waals surface area contributed by atoms with E-state index in [9.17, 15) is 0 Å². The highest BCUT2D eigenvalue weighted by molar-refractivity contribution is 6.14. The number of para-hydroxylation sites is 5. The van der Waals surface area contributed by atoms with Gasteiger partial charge in [-0.2, -0.15) is 0 Å². The first kappa shape index (κ1) is 39.3. The molecule has 0 saturated heterocycles. The third kappa shape index (κ3) is 6.61. The number of hydrogen-bond acceptors (Lipinski definition) is 4. The zero-order valence-electron chi connectivity index (χ0n) is 37.0. The van der Waals surface area contributed by atoms with Crippen molar-refractivity contribution < 1.29 is 8.83 Å². The van der Waals surface area contributed by atoms with Crippen molar-refractivity contribution in [3.05, 3.63) is 255 Å². The molecule has 0 aliphatic heterocycles. The van der Waals surface area contributed by atoms with Crippen molar-refractivity contribution in [2.24, 2.45) is 0 Å². The predicted molar refractivity (Wildman–Crippen MR) is 284 cm³/mol. The topological polar surface area (TPSA) is 32.8 Å². The lowest BCUT2D eigenvalue weighted by atomic mass is 9.95. The van der Waals surface area contributed by atoms with E-state index in [4.69, 9.17) is 8.83 Å². The van der Waals surface area contributed by atoms with Crippen molar-refractivity contribution >= 4 is 88.8 Å². The van der Waals surface area contributed by atoms with Crippen LogP contribution in [0.25, 0.3) is 88.0 Å². The molecule has 0 fully saturated rings. The smallest absolute Gasteiger partial charge is 0.159 e. The molecule has 4 heteroatoms. The van der Waals surface area contributed by atoms with Gasteiger partial charge >= 0.3 is 0 Å². The molecule has 0 amide bonds. The van der Waals surface area contributed by atoms with Crippen LogP contribution in [0, 0.1) is 0 Å². The lowest BCUT2D eigenvalue weighted by Gasteiger charge is -2.30. The molecular weight excluding hydrogens is 829 g/mol. The summed E-state index contributed by atoms with van der Waals surface area (Å²) in [7, 11) is 0. The number of furan rings is 2. The maximum atomic E-state index is 6.75. The normalized spacial score (nSPS) is 11.5. The summed E-state index contributed by atoms with van der Waals surface area (Å²) in [5.41, 5.74) is 16.2. The molecule has 68 heavy (non-hydrogen) atoms. The van der Waals surface area contributed by atoms with Crippen LogP contribution < -0.4 is 9.80 Å². The number of hydrogen-bond donors (Lipinski definition) is 0. The summed E-state index contributed by atoms with van der Waals surface area (Å²) in [6.45, 7) is 0. The molecule has 0 saturated carbocycles. The van der Waals surface area contributed by atoms with Gasteiger partial charge in [0.1, 0.15) is 11.2 Å². The Bertz CT molecular complexity index is 3890. The summed E-state index contributed by atoms with van der Waals surface area (Å²) in [4.78, 5) is 4.73. The van der Waals surface area contributed by atoms with Crippen molar-refractivity contribution in [3.8, 4) is 33.4 Å². The second-order valence-electron chi connectivity index (χ2n) is 17.2. The molecule has 2 heterocycles. The summed E-state index contributed by atoms with van der Waals surface area (Å²) < 4.78 is 13.5. The van der Waals surface area contributed by atoms with E-state index in [2.05, 4.69) is 240 Å². The Kier molecular flexibility index (Phi) is 9.47. The molecule has 0 aliphatic rings. The Morgan fingerprint density at radius 1 is 0.235 bits per heavy atom. The Labute approximate surface area is 393 Å². The highest BCUT2D eigenvalue weighted by Gasteiger charge is 2.25.